The van der Waals surface area contributed by atoms with Gasteiger partial charge in [0, 0.05) is 7.05 Å². The number of halogens is 5. The van der Waals surface area contributed by atoms with E-state index in [1.54, 1.807) is 0 Å². The van der Waals surface area contributed by atoms with E-state index in [1.165, 1.54) is 6.92 Å². The molecular formula is C10H8ClF4NO. The molecule has 2 nitrogen and oxygen atoms in total. The van der Waals surface area contributed by atoms with Crippen molar-refractivity contribution in [2.75, 3.05) is 11.9 Å². The number of amides is 1. The summed E-state index contributed by atoms with van der Waals surface area (Å²) in [4.78, 5) is 11.2. The SMILES string of the molecule is Cc1cc(Cl)c(N(C)C(=O)C(F)(F)F)cc1F. The van der Waals surface area contributed by atoms with Gasteiger partial charge < -0.3 is 4.90 Å². The van der Waals surface area contributed by atoms with Crippen molar-refractivity contribution in [2.45, 2.75) is 13.1 Å². The highest BCUT2D eigenvalue weighted by atomic mass is 35.5. The van der Waals surface area contributed by atoms with E-state index in [2.05, 4.69) is 0 Å². The van der Waals surface area contributed by atoms with Crippen LogP contribution in [0.25, 0.3) is 0 Å². The predicted octanol–water partition coefficient (Wildman–Crippen LogP) is 3.31. The number of carbonyl (C=O) groups is 1. The highest BCUT2D eigenvalue weighted by Gasteiger charge is 2.42. The van der Waals surface area contributed by atoms with Crippen LogP contribution in [-0.2, 0) is 4.79 Å². The molecule has 0 aliphatic rings. The Bertz CT molecular complexity index is 458. The third-order valence-corrected chi connectivity index (χ3v) is 2.44. The van der Waals surface area contributed by atoms with Crippen LogP contribution in [0, 0.1) is 12.7 Å². The molecule has 0 radical (unpaired) electrons. The quantitative estimate of drug-likeness (QED) is 0.716. The van der Waals surface area contributed by atoms with Crippen LogP contribution in [0.3, 0.4) is 0 Å². The lowest BCUT2D eigenvalue weighted by molar-refractivity contribution is -0.170. The van der Waals surface area contributed by atoms with Crippen molar-refractivity contribution < 1.29 is 22.4 Å². The summed E-state index contributed by atoms with van der Waals surface area (Å²) in [5, 5.41) is -0.121. The Morgan fingerprint density at radius 1 is 1.35 bits per heavy atom. The molecule has 0 aromatic heterocycles. The number of alkyl halides is 3. The van der Waals surface area contributed by atoms with Crippen LogP contribution >= 0.6 is 11.6 Å². The predicted molar refractivity (Wildman–Crippen MR) is 55.6 cm³/mol. The molecule has 1 aromatic rings. The molecule has 7 heteroatoms. The van der Waals surface area contributed by atoms with Crippen molar-refractivity contribution in [3.05, 3.63) is 28.5 Å². The van der Waals surface area contributed by atoms with E-state index in [4.69, 9.17) is 11.6 Å². The van der Waals surface area contributed by atoms with Gasteiger partial charge in [-0.2, -0.15) is 13.2 Å². The first-order valence-electron chi connectivity index (χ1n) is 4.45. The summed E-state index contributed by atoms with van der Waals surface area (Å²) in [5.41, 5.74) is -0.135. The van der Waals surface area contributed by atoms with Crippen molar-refractivity contribution in [3.8, 4) is 0 Å². The number of nitrogens with zero attached hydrogens (tertiary/aromatic N) is 1. The Labute approximate surface area is 99.8 Å². The molecule has 0 atom stereocenters. The van der Waals surface area contributed by atoms with Gasteiger partial charge in [0.15, 0.2) is 0 Å². The fraction of sp³-hybridized carbons (Fsp3) is 0.300. The van der Waals surface area contributed by atoms with Gasteiger partial charge in [0.2, 0.25) is 0 Å². The Morgan fingerprint density at radius 3 is 2.35 bits per heavy atom. The molecule has 17 heavy (non-hydrogen) atoms. The van der Waals surface area contributed by atoms with Crippen molar-refractivity contribution in [3.63, 3.8) is 0 Å². The Morgan fingerprint density at radius 2 is 1.88 bits per heavy atom. The lowest BCUT2D eigenvalue weighted by atomic mass is 10.2. The van der Waals surface area contributed by atoms with E-state index in [0.717, 1.165) is 19.2 Å². The van der Waals surface area contributed by atoms with Gasteiger partial charge in [0.1, 0.15) is 5.82 Å². The molecule has 0 bridgehead atoms. The van der Waals surface area contributed by atoms with Crippen molar-refractivity contribution in [1.82, 2.24) is 0 Å². The molecule has 0 heterocycles. The number of anilines is 1. The maximum atomic E-state index is 13.2. The Balaban J connectivity index is 3.17. The molecule has 0 aliphatic carbocycles. The molecule has 0 N–H and O–H groups in total. The summed E-state index contributed by atoms with van der Waals surface area (Å²) in [5.74, 6) is -2.84. The van der Waals surface area contributed by atoms with E-state index in [9.17, 15) is 22.4 Å². The van der Waals surface area contributed by atoms with Crippen LogP contribution in [0.15, 0.2) is 12.1 Å². The summed E-state index contributed by atoms with van der Waals surface area (Å²) in [7, 11) is 0.881. The average Bonchev–Trinajstić information content (AvgIpc) is 2.20. The fourth-order valence-corrected chi connectivity index (χ4v) is 1.54. The van der Waals surface area contributed by atoms with Crippen LogP contribution in [0.5, 0.6) is 0 Å². The van der Waals surface area contributed by atoms with Gasteiger partial charge in [-0.3, -0.25) is 4.79 Å². The summed E-state index contributed by atoms with van der Waals surface area (Å²) < 4.78 is 49.7. The van der Waals surface area contributed by atoms with Crippen LogP contribution < -0.4 is 4.90 Å². The van der Waals surface area contributed by atoms with E-state index in [0.29, 0.717) is 0 Å². The average molecular weight is 270 g/mol. The van der Waals surface area contributed by atoms with Crippen LogP contribution in [0.4, 0.5) is 23.2 Å². The van der Waals surface area contributed by atoms with Gasteiger partial charge in [-0.05, 0) is 24.6 Å². The Kier molecular flexibility index (Phi) is 3.66. The van der Waals surface area contributed by atoms with E-state index in [1.807, 2.05) is 0 Å². The zero-order valence-electron chi connectivity index (χ0n) is 8.90. The second-order valence-corrected chi connectivity index (χ2v) is 3.82. The normalized spacial score (nSPS) is 11.5. The molecule has 0 unspecified atom stereocenters. The van der Waals surface area contributed by atoms with Crippen LogP contribution in [-0.4, -0.2) is 19.1 Å². The number of hydrogen-bond acceptors (Lipinski definition) is 1. The highest BCUT2D eigenvalue weighted by molar-refractivity contribution is 6.34. The van der Waals surface area contributed by atoms with E-state index < -0.39 is 17.9 Å². The third-order valence-electron chi connectivity index (χ3n) is 2.14. The number of hydrogen-bond donors (Lipinski definition) is 0. The van der Waals surface area contributed by atoms with Gasteiger partial charge in [0.05, 0.1) is 10.7 Å². The lowest BCUT2D eigenvalue weighted by Gasteiger charge is -2.20. The van der Waals surface area contributed by atoms with Crippen molar-refractivity contribution >= 4 is 23.2 Å². The topological polar surface area (TPSA) is 20.3 Å². The second kappa shape index (κ2) is 4.52. The fourth-order valence-electron chi connectivity index (χ4n) is 1.19. The minimum atomic E-state index is -5.03. The van der Waals surface area contributed by atoms with Gasteiger partial charge >= 0.3 is 12.1 Å². The number of carbonyl (C=O) groups excluding carboxylic acids is 1. The molecule has 0 saturated heterocycles. The number of rotatable bonds is 1. The first-order chi connectivity index (χ1) is 7.64. The van der Waals surface area contributed by atoms with E-state index >= 15 is 0 Å². The highest BCUT2D eigenvalue weighted by Crippen LogP contribution is 2.30. The molecule has 1 rings (SSSR count). The van der Waals surface area contributed by atoms with Gasteiger partial charge in [0.25, 0.3) is 0 Å². The maximum Gasteiger partial charge on any atom is 0.471 e. The van der Waals surface area contributed by atoms with Crippen LogP contribution in [0.2, 0.25) is 5.02 Å². The maximum absolute atomic E-state index is 13.2. The molecule has 94 valence electrons. The number of aryl methyl sites for hydroxylation is 1. The first-order valence-corrected chi connectivity index (χ1v) is 4.83. The van der Waals surface area contributed by atoms with Gasteiger partial charge in [-0.15, -0.1) is 0 Å². The zero-order chi connectivity index (χ0) is 13.4. The van der Waals surface area contributed by atoms with E-state index in [-0.39, 0.29) is 21.2 Å². The van der Waals surface area contributed by atoms with Gasteiger partial charge in [-0.25, -0.2) is 4.39 Å². The second-order valence-electron chi connectivity index (χ2n) is 3.41. The van der Waals surface area contributed by atoms with Crippen molar-refractivity contribution in [1.29, 1.82) is 0 Å². The third kappa shape index (κ3) is 2.88. The molecule has 1 aromatic carbocycles. The minimum Gasteiger partial charge on any atom is -0.306 e. The molecule has 0 aliphatic heterocycles. The summed E-state index contributed by atoms with van der Waals surface area (Å²) >= 11 is 5.66. The van der Waals surface area contributed by atoms with Crippen LogP contribution in [0.1, 0.15) is 5.56 Å². The molecular weight excluding hydrogens is 262 g/mol. The monoisotopic (exact) mass is 269 g/mol. The summed E-state index contributed by atoms with van der Waals surface area (Å²) in [6.07, 6.45) is -5.03. The zero-order valence-corrected chi connectivity index (χ0v) is 9.66. The smallest absolute Gasteiger partial charge is 0.306 e. The minimum absolute atomic E-state index is 0.121. The van der Waals surface area contributed by atoms with Gasteiger partial charge in [-0.1, -0.05) is 11.6 Å². The molecule has 0 fully saturated rings. The Hall–Kier alpha value is -1.30. The molecule has 0 spiro atoms. The largest absolute Gasteiger partial charge is 0.471 e. The lowest BCUT2D eigenvalue weighted by Crippen LogP contribution is -2.38. The molecule has 0 saturated carbocycles. The standard InChI is InChI=1S/C10H8ClF4NO/c1-5-3-6(11)8(4-7(5)12)16(2)9(17)10(13,14)15/h3-4H,1-2H3. The molecule has 1 amide bonds. The number of benzene rings is 1. The first kappa shape index (κ1) is 13.8. The summed E-state index contributed by atoms with van der Waals surface area (Å²) in [6.45, 7) is 1.41. The summed E-state index contributed by atoms with van der Waals surface area (Å²) in [6, 6.07) is 1.95. The van der Waals surface area contributed by atoms with Crippen molar-refractivity contribution in [2.24, 2.45) is 0 Å².